The zero-order chi connectivity index (χ0) is 10.7. The van der Waals surface area contributed by atoms with Crippen LogP contribution in [0.5, 0.6) is 0 Å². The molecule has 1 aliphatic heterocycles. The van der Waals surface area contributed by atoms with Gasteiger partial charge in [0.05, 0.1) is 0 Å². The van der Waals surface area contributed by atoms with E-state index in [0.717, 1.165) is 44.7 Å². The number of ether oxygens (including phenoxy) is 1. The van der Waals surface area contributed by atoms with Gasteiger partial charge in [0.25, 0.3) is 0 Å². The summed E-state index contributed by atoms with van der Waals surface area (Å²) in [6.45, 7) is 5.00. The predicted octanol–water partition coefficient (Wildman–Crippen LogP) is 1.64. The molecule has 0 aromatic carbocycles. The van der Waals surface area contributed by atoms with Crippen LogP contribution < -0.4 is 5.32 Å². The van der Waals surface area contributed by atoms with Crippen LogP contribution in [0.2, 0.25) is 0 Å². The Labute approximate surface area is 90.9 Å². The third kappa shape index (κ3) is 2.81. The first-order valence-electron chi connectivity index (χ1n) is 5.73. The molecule has 1 saturated heterocycles. The molecule has 2 rings (SSSR count). The summed E-state index contributed by atoms with van der Waals surface area (Å²) in [5.74, 6) is 0.259. The maximum atomic E-state index is 11.0. The Balaban J connectivity index is 1.81. The van der Waals surface area contributed by atoms with Gasteiger partial charge in [-0.2, -0.15) is 0 Å². The summed E-state index contributed by atoms with van der Waals surface area (Å²) in [5, 5.41) is 3.41. The van der Waals surface area contributed by atoms with E-state index in [9.17, 15) is 4.79 Å². The van der Waals surface area contributed by atoms with E-state index in [2.05, 4.69) is 12.2 Å². The molecule has 0 radical (unpaired) electrons. The van der Waals surface area contributed by atoms with Gasteiger partial charge in [-0.1, -0.05) is 6.92 Å². The molecule has 0 spiro atoms. The topological polar surface area (TPSA) is 38.3 Å². The number of carbonyl (C=O) groups excluding carboxylic acids is 1. The second kappa shape index (κ2) is 4.35. The number of nitrogens with one attached hydrogen (secondary N) is 1. The van der Waals surface area contributed by atoms with E-state index in [0.29, 0.717) is 11.8 Å². The predicted molar refractivity (Wildman–Crippen MR) is 58.5 cm³/mol. The first-order valence-corrected chi connectivity index (χ1v) is 5.73. The van der Waals surface area contributed by atoms with Crippen LogP contribution in [0.4, 0.5) is 0 Å². The molecule has 0 aromatic rings. The van der Waals surface area contributed by atoms with Crippen molar-refractivity contribution in [2.45, 2.75) is 32.6 Å². The minimum absolute atomic E-state index is 0.259. The van der Waals surface area contributed by atoms with E-state index >= 15 is 0 Å². The second-order valence-electron chi connectivity index (χ2n) is 4.91. The molecular formula is C12H19NO2. The molecule has 1 heterocycles. The van der Waals surface area contributed by atoms with Crippen LogP contribution in [-0.4, -0.2) is 25.5 Å². The van der Waals surface area contributed by atoms with Crippen molar-refractivity contribution in [2.24, 2.45) is 5.41 Å². The van der Waals surface area contributed by atoms with Crippen molar-refractivity contribution < 1.29 is 9.53 Å². The van der Waals surface area contributed by atoms with Crippen molar-refractivity contribution in [1.29, 1.82) is 0 Å². The van der Waals surface area contributed by atoms with Crippen molar-refractivity contribution in [3.05, 3.63) is 11.8 Å². The van der Waals surface area contributed by atoms with Gasteiger partial charge in [-0.15, -0.1) is 0 Å². The van der Waals surface area contributed by atoms with Gasteiger partial charge < -0.3 is 10.1 Å². The summed E-state index contributed by atoms with van der Waals surface area (Å²) >= 11 is 0. The van der Waals surface area contributed by atoms with Crippen LogP contribution >= 0.6 is 0 Å². The molecule has 2 aliphatic rings. The number of rotatable bonds is 3. The first-order chi connectivity index (χ1) is 7.18. The van der Waals surface area contributed by atoms with E-state index in [1.165, 1.54) is 0 Å². The van der Waals surface area contributed by atoms with Gasteiger partial charge in [0, 0.05) is 38.0 Å². The van der Waals surface area contributed by atoms with Gasteiger partial charge >= 0.3 is 0 Å². The molecule has 84 valence electrons. The van der Waals surface area contributed by atoms with Crippen molar-refractivity contribution in [3.63, 3.8) is 0 Å². The number of ketones is 1. The Morgan fingerprint density at radius 1 is 1.40 bits per heavy atom. The second-order valence-corrected chi connectivity index (χ2v) is 4.91. The summed E-state index contributed by atoms with van der Waals surface area (Å²) < 4.78 is 5.36. The molecule has 3 heteroatoms. The van der Waals surface area contributed by atoms with E-state index in [4.69, 9.17) is 4.74 Å². The fraction of sp³-hybridized carbons (Fsp3) is 0.750. The average Bonchev–Trinajstić information content (AvgIpc) is 2.63. The molecule has 0 bridgehead atoms. The Kier molecular flexibility index (Phi) is 3.10. The van der Waals surface area contributed by atoms with Crippen LogP contribution in [-0.2, 0) is 9.53 Å². The van der Waals surface area contributed by atoms with E-state index in [-0.39, 0.29) is 5.78 Å². The zero-order valence-corrected chi connectivity index (χ0v) is 9.34. The average molecular weight is 209 g/mol. The SMILES string of the molecule is CC1(CNC2=CC(=O)CC2)CCOCC1. The van der Waals surface area contributed by atoms with Gasteiger partial charge in [0.15, 0.2) is 5.78 Å². The van der Waals surface area contributed by atoms with E-state index in [1.54, 1.807) is 6.08 Å². The minimum atomic E-state index is 0.259. The number of carbonyl (C=O) groups is 1. The normalized spacial score (nSPS) is 25.1. The molecule has 0 saturated carbocycles. The van der Waals surface area contributed by atoms with Crippen molar-refractivity contribution in [3.8, 4) is 0 Å². The van der Waals surface area contributed by atoms with Crippen LogP contribution in [0.15, 0.2) is 11.8 Å². The minimum Gasteiger partial charge on any atom is -0.388 e. The highest BCUT2D eigenvalue weighted by Crippen LogP contribution is 2.29. The Morgan fingerprint density at radius 2 is 2.13 bits per heavy atom. The van der Waals surface area contributed by atoms with Gasteiger partial charge in [-0.25, -0.2) is 0 Å². The van der Waals surface area contributed by atoms with Crippen LogP contribution in [0.1, 0.15) is 32.6 Å². The van der Waals surface area contributed by atoms with Crippen molar-refractivity contribution >= 4 is 5.78 Å². The quantitative estimate of drug-likeness (QED) is 0.768. The van der Waals surface area contributed by atoms with Crippen LogP contribution in [0.3, 0.4) is 0 Å². The molecule has 1 N–H and O–H groups in total. The molecule has 1 aliphatic carbocycles. The van der Waals surface area contributed by atoms with Crippen LogP contribution in [0, 0.1) is 5.41 Å². The molecule has 1 fully saturated rings. The summed E-state index contributed by atoms with van der Waals surface area (Å²) in [4.78, 5) is 11.0. The standard InChI is InChI=1S/C12H19NO2/c1-12(4-6-15-7-5-12)9-13-10-2-3-11(14)8-10/h8,13H,2-7,9H2,1H3. The van der Waals surface area contributed by atoms with Crippen LogP contribution in [0.25, 0.3) is 0 Å². The Morgan fingerprint density at radius 3 is 2.73 bits per heavy atom. The zero-order valence-electron chi connectivity index (χ0n) is 9.34. The van der Waals surface area contributed by atoms with Crippen molar-refractivity contribution in [2.75, 3.05) is 19.8 Å². The van der Waals surface area contributed by atoms with E-state index in [1.807, 2.05) is 0 Å². The van der Waals surface area contributed by atoms with E-state index < -0.39 is 0 Å². The molecule has 15 heavy (non-hydrogen) atoms. The molecule has 0 amide bonds. The number of allylic oxidation sites excluding steroid dienone is 2. The lowest BCUT2D eigenvalue weighted by molar-refractivity contribution is -0.114. The van der Waals surface area contributed by atoms with Gasteiger partial charge in [-0.3, -0.25) is 4.79 Å². The summed E-state index contributed by atoms with van der Waals surface area (Å²) in [5.41, 5.74) is 1.46. The largest absolute Gasteiger partial charge is 0.388 e. The molecule has 0 atom stereocenters. The fourth-order valence-electron chi connectivity index (χ4n) is 2.10. The van der Waals surface area contributed by atoms with Gasteiger partial charge in [-0.05, 0) is 24.7 Å². The highest BCUT2D eigenvalue weighted by Gasteiger charge is 2.27. The highest BCUT2D eigenvalue weighted by atomic mass is 16.5. The monoisotopic (exact) mass is 209 g/mol. The maximum Gasteiger partial charge on any atom is 0.157 e. The first kappa shape index (κ1) is 10.7. The molecule has 3 nitrogen and oxygen atoms in total. The summed E-state index contributed by atoms with van der Waals surface area (Å²) in [7, 11) is 0. The van der Waals surface area contributed by atoms with Crippen molar-refractivity contribution in [1.82, 2.24) is 5.32 Å². The summed E-state index contributed by atoms with van der Waals surface area (Å²) in [6, 6.07) is 0. The molecule has 0 aromatic heterocycles. The molecular weight excluding hydrogens is 190 g/mol. The molecule has 0 unspecified atom stereocenters. The number of hydrogen-bond donors (Lipinski definition) is 1. The van der Waals surface area contributed by atoms with Gasteiger partial charge in [0.1, 0.15) is 0 Å². The Bertz CT molecular complexity index is 277. The highest BCUT2D eigenvalue weighted by molar-refractivity contribution is 5.92. The third-order valence-electron chi connectivity index (χ3n) is 3.42. The van der Waals surface area contributed by atoms with Gasteiger partial charge in [0.2, 0.25) is 0 Å². The lowest BCUT2D eigenvalue weighted by Gasteiger charge is -2.34. The number of hydrogen-bond acceptors (Lipinski definition) is 3. The lowest BCUT2D eigenvalue weighted by atomic mass is 9.82. The third-order valence-corrected chi connectivity index (χ3v) is 3.42. The maximum absolute atomic E-state index is 11.0. The smallest absolute Gasteiger partial charge is 0.157 e. The fourth-order valence-corrected chi connectivity index (χ4v) is 2.10. The lowest BCUT2D eigenvalue weighted by Crippen LogP contribution is -2.36. The summed E-state index contributed by atoms with van der Waals surface area (Å²) in [6.07, 6.45) is 5.55. The Hall–Kier alpha value is -0.830.